The fourth-order valence-corrected chi connectivity index (χ4v) is 3.39. The molecule has 26 heavy (non-hydrogen) atoms. The average molecular weight is 363 g/mol. The number of rotatable bonds is 6. The van der Waals surface area contributed by atoms with Crippen LogP contribution in [0.3, 0.4) is 0 Å². The van der Waals surface area contributed by atoms with E-state index in [-0.39, 0.29) is 17.2 Å². The number of pyridine rings is 2. The van der Waals surface area contributed by atoms with Crippen molar-refractivity contribution in [3.8, 4) is 11.1 Å². The SMILES string of the molecule is CC(Sc1ccccn1)C(=O)NC(C)c1ccc(-c2ccncc2)cc1. The number of hydrogen-bond donors (Lipinski definition) is 1. The molecule has 3 aromatic rings. The van der Waals surface area contributed by atoms with Gasteiger partial charge in [-0.15, -0.1) is 0 Å². The van der Waals surface area contributed by atoms with Gasteiger partial charge < -0.3 is 5.32 Å². The van der Waals surface area contributed by atoms with E-state index < -0.39 is 0 Å². The molecule has 0 saturated carbocycles. The molecule has 1 N–H and O–H groups in total. The second kappa shape index (κ2) is 8.63. The quantitative estimate of drug-likeness (QED) is 0.655. The zero-order valence-electron chi connectivity index (χ0n) is 14.8. The number of nitrogens with zero attached hydrogens (tertiary/aromatic N) is 2. The first-order valence-corrected chi connectivity index (χ1v) is 9.40. The molecule has 0 radical (unpaired) electrons. The van der Waals surface area contributed by atoms with E-state index in [0.717, 1.165) is 21.7 Å². The van der Waals surface area contributed by atoms with Crippen molar-refractivity contribution in [3.63, 3.8) is 0 Å². The second-order valence-corrected chi connectivity index (χ2v) is 7.38. The molecule has 0 fully saturated rings. The van der Waals surface area contributed by atoms with Gasteiger partial charge in [0, 0.05) is 18.6 Å². The molecular weight excluding hydrogens is 342 g/mol. The summed E-state index contributed by atoms with van der Waals surface area (Å²) < 4.78 is 0. The summed E-state index contributed by atoms with van der Waals surface area (Å²) in [6.45, 7) is 3.89. The Kier molecular flexibility index (Phi) is 6.02. The van der Waals surface area contributed by atoms with Crippen LogP contribution in [0.5, 0.6) is 0 Å². The van der Waals surface area contributed by atoms with Crippen molar-refractivity contribution < 1.29 is 4.79 Å². The maximum Gasteiger partial charge on any atom is 0.233 e. The Balaban J connectivity index is 1.60. The molecule has 2 atom stereocenters. The van der Waals surface area contributed by atoms with Crippen molar-refractivity contribution >= 4 is 17.7 Å². The van der Waals surface area contributed by atoms with E-state index in [1.54, 1.807) is 18.6 Å². The van der Waals surface area contributed by atoms with Gasteiger partial charge in [0.25, 0.3) is 0 Å². The molecule has 2 unspecified atom stereocenters. The van der Waals surface area contributed by atoms with Crippen LogP contribution in [0.2, 0.25) is 0 Å². The number of carbonyl (C=O) groups is 1. The highest BCUT2D eigenvalue weighted by atomic mass is 32.2. The molecule has 3 rings (SSSR count). The predicted molar refractivity (Wildman–Crippen MR) is 106 cm³/mol. The molecular formula is C21H21N3OS. The van der Waals surface area contributed by atoms with Crippen LogP contribution in [0, 0.1) is 0 Å². The number of amides is 1. The van der Waals surface area contributed by atoms with Gasteiger partial charge in [-0.3, -0.25) is 9.78 Å². The summed E-state index contributed by atoms with van der Waals surface area (Å²) in [5.74, 6) is 0.00589. The first-order valence-electron chi connectivity index (χ1n) is 8.52. The molecule has 132 valence electrons. The molecule has 0 saturated heterocycles. The molecule has 2 aromatic heterocycles. The lowest BCUT2D eigenvalue weighted by Gasteiger charge is -2.18. The fraction of sp³-hybridized carbons (Fsp3) is 0.190. The Morgan fingerprint density at radius 1 is 0.923 bits per heavy atom. The summed E-state index contributed by atoms with van der Waals surface area (Å²) in [5, 5.41) is 3.72. The van der Waals surface area contributed by atoms with Crippen molar-refractivity contribution in [2.75, 3.05) is 0 Å². The van der Waals surface area contributed by atoms with Crippen LogP contribution in [0.1, 0.15) is 25.5 Å². The molecule has 2 heterocycles. The third-order valence-corrected chi connectivity index (χ3v) is 5.14. The van der Waals surface area contributed by atoms with Crippen LogP contribution in [0.25, 0.3) is 11.1 Å². The minimum Gasteiger partial charge on any atom is -0.349 e. The highest BCUT2D eigenvalue weighted by Gasteiger charge is 2.17. The second-order valence-electron chi connectivity index (χ2n) is 6.02. The highest BCUT2D eigenvalue weighted by Crippen LogP contribution is 2.23. The standard InChI is InChI=1S/C21H21N3OS/c1-15(24-21(25)16(2)26-20-5-3-4-12-23-20)17-6-8-18(9-7-17)19-10-13-22-14-11-19/h3-16H,1-2H3,(H,24,25). The predicted octanol–water partition coefficient (Wildman–Crippen LogP) is 4.50. The summed E-state index contributed by atoms with van der Waals surface area (Å²) in [7, 11) is 0. The zero-order valence-corrected chi connectivity index (χ0v) is 15.6. The van der Waals surface area contributed by atoms with E-state index in [9.17, 15) is 4.79 Å². The summed E-state index contributed by atoms with van der Waals surface area (Å²) >= 11 is 1.46. The number of aromatic nitrogens is 2. The summed E-state index contributed by atoms with van der Waals surface area (Å²) in [6.07, 6.45) is 5.30. The maximum absolute atomic E-state index is 12.5. The monoisotopic (exact) mass is 363 g/mol. The molecule has 0 aliphatic carbocycles. The summed E-state index contributed by atoms with van der Waals surface area (Å²) in [5.41, 5.74) is 3.34. The molecule has 0 aliphatic rings. The fourth-order valence-electron chi connectivity index (χ4n) is 2.57. The Hall–Kier alpha value is -2.66. The van der Waals surface area contributed by atoms with Gasteiger partial charge in [-0.05, 0) is 54.8 Å². The van der Waals surface area contributed by atoms with Crippen molar-refractivity contribution in [3.05, 3.63) is 78.8 Å². The van der Waals surface area contributed by atoms with Crippen LogP contribution in [-0.2, 0) is 4.79 Å². The minimum atomic E-state index is -0.205. The van der Waals surface area contributed by atoms with Gasteiger partial charge in [0.2, 0.25) is 5.91 Å². The molecule has 0 bridgehead atoms. The van der Waals surface area contributed by atoms with Crippen LogP contribution >= 0.6 is 11.8 Å². The van der Waals surface area contributed by atoms with Gasteiger partial charge in [0.05, 0.1) is 16.3 Å². The molecule has 0 aliphatic heterocycles. The van der Waals surface area contributed by atoms with Crippen molar-refractivity contribution in [2.45, 2.75) is 30.2 Å². The molecule has 0 spiro atoms. The van der Waals surface area contributed by atoms with Gasteiger partial charge in [-0.25, -0.2) is 4.98 Å². The molecule has 1 amide bonds. The van der Waals surface area contributed by atoms with Gasteiger partial charge in [-0.2, -0.15) is 0 Å². The van der Waals surface area contributed by atoms with Crippen LogP contribution in [0.15, 0.2) is 78.2 Å². The lowest BCUT2D eigenvalue weighted by Crippen LogP contribution is -2.33. The number of hydrogen-bond acceptors (Lipinski definition) is 4. The van der Waals surface area contributed by atoms with E-state index in [0.29, 0.717) is 0 Å². The number of carbonyl (C=O) groups excluding carboxylic acids is 1. The van der Waals surface area contributed by atoms with E-state index in [4.69, 9.17) is 0 Å². The average Bonchev–Trinajstić information content (AvgIpc) is 2.69. The molecule has 1 aromatic carbocycles. The van der Waals surface area contributed by atoms with Crippen molar-refractivity contribution in [2.24, 2.45) is 0 Å². The number of nitrogens with one attached hydrogen (secondary N) is 1. The first-order chi connectivity index (χ1) is 12.6. The van der Waals surface area contributed by atoms with Gasteiger partial charge >= 0.3 is 0 Å². The first kappa shape index (κ1) is 18.1. The lowest BCUT2D eigenvalue weighted by atomic mass is 10.0. The Morgan fingerprint density at radius 3 is 2.27 bits per heavy atom. The van der Waals surface area contributed by atoms with Crippen molar-refractivity contribution in [1.82, 2.24) is 15.3 Å². The Bertz CT molecular complexity index is 838. The molecule has 4 nitrogen and oxygen atoms in total. The van der Waals surface area contributed by atoms with E-state index in [1.165, 1.54) is 11.8 Å². The zero-order chi connectivity index (χ0) is 18.4. The smallest absolute Gasteiger partial charge is 0.233 e. The van der Waals surface area contributed by atoms with Gasteiger partial charge in [0.1, 0.15) is 0 Å². The number of benzene rings is 1. The minimum absolute atomic E-state index is 0.00589. The van der Waals surface area contributed by atoms with Gasteiger partial charge in [0.15, 0.2) is 0 Å². The van der Waals surface area contributed by atoms with E-state index in [2.05, 4.69) is 39.6 Å². The van der Waals surface area contributed by atoms with Crippen LogP contribution < -0.4 is 5.32 Å². The van der Waals surface area contributed by atoms with Gasteiger partial charge in [-0.1, -0.05) is 42.1 Å². The van der Waals surface area contributed by atoms with Crippen LogP contribution in [0.4, 0.5) is 0 Å². The third kappa shape index (κ3) is 4.70. The van der Waals surface area contributed by atoms with Crippen molar-refractivity contribution in [1.29, 1.82) is 0 Å². The largest absolute Gasteiger partial charge is 0.349 e. The molecule has 5 heteroatoms. The van der Waals surface area contributed by atoms with Crippen LogP contribution in [-0.4, -0.2) is 21.1 Å². The Morgan fingerprint density at radius 2 is 1.62 bits per heavy atom. The van der Waals surface area contributed by atoms with E-state index in [1.807, 2.05) is 44.2 Å². The maximum atomic E-state index is 12.5. The summed E-state index contributed by atoms with van der Waals surface area (Å²) in [4.78, 5) is 20.8. The topological polar surface area (TPSA) is 54.9 Å². The van der Waals surface area contributed by atoms with E-state index >= 15 is 0 Å². The number of thioether (sulfide) groups is 1. The Labute approximate surface area is 158 Å². The summed E-state index contributed by atoms with van der Waals surface area (Å²) in [6, 6.07) is 17.9. The normalized spacial score (nSPS) is 13.0. The lowest BCUT2D eigenvalue weighted by molar-refractivity contribution is -0.120. The third-order valence-electron chi connectivity index (χ3n) is 4.09. The highest BCUT2D eigenvalue weighted by molar-refractivity contribution is 8.00.